The Morgan fingerprint density at radius 3 is 2.60 bits per heavy atom. The second-order valence-electron chi connectivity index (χ2n) is 1.62. The van der Waals surface area contributed by atoms with Crippen LogP contribution in [0.2, 0.25) is 0 Å². The molecule has 0 aromatic rings. The maximum absolute atomic E-state index is 9.83. The summed E-state index contributed by atoms with van der Waals surface area (Å²) in [5.41, 5.74) is 0. The van der Waals surface area contributed by atoms with Crippen molar-refractivity contribution in [2.45, 2.75) is 12.5 Å². The molecule has 1 atom stereocenters. The topological polar surface area (TPSA) is 60.4 Å². The Hall–Kier alpha value is 1.42. The van der Waals surface area contributed by atoms with Crippen LogP contribution in [-0.2, 0) is 4.79 Å². The number of hydrogen-bond donors (Lipinski definition) is 1. The third-order valence-corrected chi connectivity index (χ3v) is 1.51. The summed E-state index contributed by atoms with van der Waals surface area (Å²) in [5.74, 6) is -0.737. The van der Waals surface area contributed by atoms with Crippen LogP contribution in [0, 0.1) is 0 Å². The number of carboxylic acids is 1. The summed E-state index contributed by atoms with van der Waals surface area (Å²) in [6, 6.07) is 0. The number of carboxylic acid groups (broad SMARTS) is 1. The van der Waals surface area contributed by atoms with Crippen LogP contribution in [-0.4, -0.2) is 29.2 Å². The molecule has 0 aromatic carbocycles. The monoisotopic (exact) mass is 188 g/mol. The van der Waals surface area contributed by atoms with Gasteiger partial charge in [-0.3, -0.25) is 0 Å². The van der Waals surface area contributed by atoms with Gasteiger partial charge >= 0.3 is 51.4 Å². The Labute approximate surface area is 107 Å². The van der Waals surface area contributed by atoms with Crippen molar-refractivity contribution in [2.75, 3.05) is 12.0 Å². The molecule has 0 radical (unpaired) electrons. The molecular weight excluding hydrogens is 179 g/mol. The van der Waals surface area contributed by atoms with Gasteiger partial charge in [0.1, 0.15) is 0 Å². The first kappa shape index (κ1) is 14.0. The molecule has 5 heteroatoms. The van der Waals surface area contributed by atoms with Crippen molar-refractivity contribution < 1.29 is 66.4 Å². The molecule has 0 aliphatic carbocycles. The standard InChI is InChI=1S/C5H10O3S.K/c1-9-3-2-4(6)5(7)8;/h4,6H,2-3H2,1H3,(H,7,8);/q;+1/p-1. The Kier molecular flexibility index (Phi) is 11.9. The fourth-order valence-electron chi connectivity index (χ4n) is 0.347. The summed E-state index contributed by atoms with van der Waals surface area (Å²) >= 11 is 1.50. The summed E-state index contributed by atoms with van der Waals surface area (Å²) in [6.45, 7) is 0. The first-order chi connectivity index (χ1) is 4.18. The second-order valence-corrected chi connectivity index (χ2v) is 2.60. The second kappa shape index (κ2) is 8.51. The minimum atomic E-state index is -1.39. The average Bonchev–Trinajstić information content (AvgIpc) is 1.82. The molecule has 1 unspecified atom stereocenters. The van der Waals surface area contributed by atoms with Crippen LogP contribution in [0.5, 0.6) is 0 Å². The zero-order chi connectivity index (χ0) is 7.28. The molecule has 0 heterocycles. The quantitative estimate of drug-likeness (QED) is 0.455. The van der Waals surface area contributed by atoms with Gasteiger partial charge < -0.3 is 15.0 Å². The fourth-order valence-corrected chi connectivity index (χ4v) is 0.806. The van der Waals surface area contributed by atoms with Gasteiger partial charge in [0, 0.05) is 0 Å². The van der Waals surface area contributed by atoms with Gasteiger partial charge in [0.2, 0.25) is 0 Å². The van der Waals surface area contributed by atoms with Crippen LogP contribution < -0.4 is 56.5 Å². The van der Waals surface area contributed by atoms with Crippen LogP contribution in [0.25, 0.3) is 0 Å². The van der Waals surface area contributed by atoms with E-state index in [1.807, 2.05) is 6.26 Å². The van der Waals surface area contributed by atoms with E-state index in [9.17, 15) is 9.90 Å². The number of carbonyl (C=O) groups is 1. The van der Waals surface area contributed by atoms with Crippen molar-refractivity contribution >= 4 is 17.7 Å². The zero-order valence-corrected chi connectivity index (χ0v) is 10.1. The van der Waals surface area contributed by atoms with Gasteiger partial charge in [-0.05, 0) is 18.4 Å². The van der Waals surface area contributed by atoms with Gasteiger partial charge in [-0.1, -0.05) is 0 Å². The fraction of sp³-hybridized carbons (Fsp3) is 0.800. The molecule has 0 saturated carbocycles. The van der Waals surface area contributed by atoms with Crippen molar-refractivity contribution in [1.29, 1.82) is 0 Å². The average molecular weight is 188 g/mol. The minimum absolute atomic E-state index is 0. The first-order valence-corrected chi connectivity index (χ1v) is 3.95. The van der Waals surface area contributed by atoms with E-state index in [2.05, 4.69) is 0 Å². The molecule has 0 bridgehead atoms. The van der Waals surface area contributed by atoms with E-state index in [1.54, 1.807) is 0 Å². The summed E-state index contributed by atoms with van der Waals surface area (Å²) in [4.78, 5) is 9.83. The third kappa shape index (κ3) is 7.52. The van der Waals surface area contributed by atoms with Crippen molar-refractivity contribution in [1.82, 2.24) is 0 Å². The van der Waals surface area contributed by atoms with Crippen LogP contribution in [0.15, 0.2) is 0 Å². The van der Waals surface area contributed by atoms with Gasteiger partial charge in [0.05, 0.1) is 12.1 Å². The molecule has 0 rings (SSSR count). The molecule has 1 N–H and O–H groups in total. The molecule has 0 saturated heterocycles. The molecule has 3 nitrogen and oxygen atoms in total. The number of hydrogen-bond acceptors (Lipinski definition) is 4. The smallest absolute Gasteiger partial charge is 0.547 e. The van der Waals surface area contributed by atoms with Gasteiger partial charge in [0.25, 0.3) is 0 Å². The molecule has 0 aliphatic rings. The molecule has 0 aliphatic heterocycles. The molecule has 0 spiro atoms. The predicted octanol–water partition coefficient (Wildman–Crippen LogP) is -4.15. The number of carbonyl (C=O) groups excluding carboxylic acids is 1. The van der Waals surface area contributed by atoms with Gasteiger partial charge in [-0.15, -0.1) is 0 Å². The number of aliphatic carboxylic acids is 1. The predicted molar refractivity (Wildman–Crippen MR) is 34.0 cm³/mol. The first-order valence-electron chi connectivity index (χ1n) is 2.56. The van der Waals surface area contributed by atoms with E-state index in [1.165, 1.54) is 11.8 Å². The Balaban J connectivity index is 0. The molecule has 54 valence electrons. The Morgan fingerprint density at radius 1 is 1.80 bits per heavy atom. The summed E-state index contributed by atoms with van der Waals surface area (Å²) < 4.78 is 0. The van der Waals surface area contributed by atoms with E-state index in [0.717, 1.165) is 0 Å². The van der Waals surface area contributed by atoms with Crippen molar-refractivity contribution in [3.05, 3.63) is 0 Å². The van der Waals surface area contributed by atoms with Crippen LogP contribution in [0.1, 0.15) is 6.42 Å². The minimum Gasteiger partial charge on any atom is -0.547 e. The van der Waals surface area contributed by atoms with Crippen molar-refractivity contribution in [3.63, 3.8) is 0 Å². The van der Waals surface area contributed by atoms with Crippen LogP contribution in [0.3, 0.4) is 0 Å². The van der Waals surface area contributed by atoms with E-state index < -0.39 is 12.1 Å². The van der Waals surface area contributed by atoms with E-state index in [4.69, 9.17) is 5.11 Å². The number of rotatable bonds is 4. The van der Waals surface area contributed by atoms with E-state index >= 15 is 0 Å². The number of aliphatic hydroxyl groups is 1. The molecule has 10 heavy (non-hydrogen) atoms. The molecular formula is C5H9KO3S. The van der Waals surface area contributed by atoms with E-state index in [0.29, 0.717) is 5.75 Å². The van der Waals surface area contributed by atoms with Gasteiger partial charge in [-0.2, -0.15) is 11.8 Å². The maximum Gasteiger partial charge on any atom is 1.00 e. The Bertz CT molecular complexity index is 98.9. The summed E-state index contributed by atoms with van der Waals surface area (Å²) in [7, 11) is 0. The van der Waals surface area contributed by atoms with Crippen LogP contribution in [0.4, 0.5) is 0 Å². The van der Waals surface area contributed by atoms with Crippen LogP contribution >= 0.6 is 11.8 Å². The van der Waals surface area contributed by atoms with Crippen molar-refractivity contribution in [2.24, 2.45) is 0 Å². The molecule has 0 amide bonds. The summed E-state index contributed by atoms with van der Waals surface area (Å²) in [6.07, 6.45) is 0.823. The summed E-state index contributed by atoms with van der Waals surface area (Å²) in [5, 5.41) is 18.4. The normalized spacial score (nSPS) is 11.8. The SMILES string of the molecule is CSCCC(O)C(=O)[O-].[K+]. The van der Waals surface area contributed by atoms with Gasteiger partial charge in [-0.25, -0.2) is 0 Å². The number of aliphatic hydroxyl groups excluding tert-OH is 1. The maximum atomic E-state index is 9.83. The number of thioether (sulfide) groups is 1. The van der Waals surface area contributed by atoms with Gasteiger partial charge in [0.15, 0.2) is 0 Å². The zero-order valence-electron chi connectivity index (χ0n) is 6.16. The van der Waals surface area contributed by atoms with E-state index in [-0.39, 0.29) is 57.8 Å². The Morgan fingerprint density at radius 2 is 2.30 bits per heavy atom. The molecule has 0 aromatic heterocycles. The molecule has 0 fully saturated rings. The van der Waals surface area contributed by atoms with Crippen molar-refractivity contribution in [3.8, 4) is 0 Å². The largest absolute Gasteiger partial charge is 1.00 e. The third-order valence-electron chi connectivity index (χ3n) is 0.867.